The van der Waals surface area contributed by atoms with Gasteiger partial charge in [-0.3, -0.25) is 4.79 Å². The normalized spacial score (nSPS) is 22.4. The topological polar surface area (TPSA) is 49.8 Å². The van der Waals surface area contributed by atoms with Gasteiger partial charge in [0, 0.05) is 18.0 Å². The molecule has 7 heteroatoms. The van der Waals surface area contributed by atoms with Crippen LogP contribution in [0.5, 0.6) is 0 Å². The lowest BCUT2D eigenvalue weighted by Crippen LogP contribution is -2.56. The monoisotopic (exact) mass is 387 g/mol. The van der Waals surface area contributed by atoms with Gasteiger partial charge in [-0.2, -0.15) is 0 Å². The lowest BCUT2D eigenvalue weighted by atomic mass is 10.0. The molecule has 1 aliphatic rings. The zero-order valence-corrected chi connectivity index (χ0v) is 17.2. The molecule has 4 nitrogen and oxygen atoms in total. The highest BCUT2D eigenvalue weighted by atomic mass is 35.5. The highest BCUT2D eigenvalue weighted by molar-refractivity contribution is 6.74. The van der Waals surface area contributed by atoms with Crippen molar-refractivity contribution in [3.63, 3.8) is 0 Å². The van der Waals surface area contributed by atoms with Crippen LogP contribution in [0.15, 0.2) is 18.2 Å². The summed E-state index contributed by atoms with van der Waals surface area (Å²) >= 11 is 6.06. The number of benzene rings is 1. The first-order chi connectivity index (χ1) is 11.4. The van der Waals surface area contributed by atoms with E-state index in [1.165, 1.54) is 23.1 Å². The van der Waals surface area contributed by atoms with E-state index < -0.39 is 26.5 Å². The number of carbonyl (C=O) groups is 1. The van der Waals surface area contributed by atoms with Crippen molar-refractivity contribution in [2.24, 2.45) is 0 Å². The minimum Gasteiger partial charge on any atom is -0.409 e. The van der Waals surface area contributed by atoms with Gasteiger partial charge in [0.2, 0.25) is 5.91 Å². The standard InChI is InChI=1S/C18H27ClFNO3Si/c1-18(2,3)25(4,5)24-15-8-9-16(22)21(17(15)23)11-12-6-7-13(20)10-14(12)19/h6-7,10,15,17,23H,8-9,11H2,1-5H3/t15-,17?/m1/s1. The van der Waals surface area contributed by atoms with Gasteiger partial charge in [0.1, 0.15) is 5.82 Å². The molecule has 1 heterocycles. The Balaban J connectivity index is 2.17. The van der Waals surface area contributed by atoms with Gasteiger partial charge >= 0.3 is 0 Å². The molecule has 0 aromatic heterocycles. The molecular formula is C18H27ClFNO3Si. The minimum atomic E-state index is -2.07. The molecule has 0 aliphatic carbocycles. The molecule has 25 heavy (non-hydrogen) atoms. The van der Waals surface area contributed by atoms with Crippen LogP contribution in [0.3, 0.4) is 0 Å². The Morgan fingerprint density at radius 2 is 2.04 bits per heavy atom. The zero-order chi connectivity index (χ0) is 19.0. The number of hydrogen-bond donors (Lipinski definition) is 1. The molecule has 1 saturated heterocycles. The molecule has 1 fully saturated rings. The Morgan fingerprint density at radius 3 is 2.60 bits per heavy atom. The number of piperidine rings is 1. The van der Waals surface area contributed by atoms with Crippen molar-refractivity contribution in [1.82, 2.24) is 4.90 Å². The molecule has 2 atom stereocenters. The summed E-state index contributed by atoms with van der Waals surface area (Å²) in [6.07, 6.45) is -0.635. The highest BCUT2D eigenvalue weighted by Crippen LogP contribution is 2.39. The number of hydrogen-bond acceptors (Lipinski definition) is 3. The molecule has 0 bridgehead atoms. The molecule has 1 N–H and O–H groups in total. The fourth-order valence-electron chi connectivity index (χ4n) is 2.60. The lowest BCUT2D eigenvalue weighted by molar-refractivity contribution is -0.161. The van der Waals surface area contributed by atoms with E-state index in [2.05, 4.69) is 33.9 Å². The maximum atomic E-state index is 13.2. The van der Waals surface area contributed by atoms with Crippen LogP contribution in [-0.4, -0.2) is 36.6 Å². The van der Waals surface area contributed by atoms with E-state index in [-0.39, 0.29) is 22.5 Å². The second-order valence-electron chi connectivity index (χ2n) is 8.13. The number of rotatable bonds is 4. The fourth-order valence-corrected chi connectivity index (χ4v) is 4.17. The second kappa shape index (κ2) is 7.35. The Bertz CT molecular complexity index is 648. The molecule has 1 unspecified atom stereocenters. The smallest absolute Gasteiger partial charge is 0.225 e. The maximum Gasteiger partial charge on any atom is 0.225 e. The Hall–Kier alpha value is -0.953. The van der Waals surface area contributed by atoms with Crippen molar-refractivity contribution in [3.05, 3.63) is 34.6 Å². The number of amides is 1. The van der Waals surface area contributed by atoms with Crippen LogP contribution in [-0.2, 0) is 15.8 Å². The number of carbonyl (C=O) groups excluding carboxylic acids is 1. The fraction of sp³-hybridized carbons (Fsp3) is 0.611. The molecule has 1 aliphatic heterocycles. The second-order valence-corrected chi connectivity index (χ2v) is 13.3. The van der Waals surface area contributed by atoms with Crippen molar-refractivity contribution >= 4 is 25.8 Å². The van der Waals surface area contributed by atoms with Crippen LogP contribution >= 0.6 is 11.6 Å². The van der Waals surface area contributed by atoms with Crippen LogP contribution in [0, 0.1) is 5.82 Å². The van der Waals surface area contributed by atoms with Crippen LogP contribution in [0.25, 0.3) is 0 Å². The third-order valence-corrected chi connectivity index (χ3v) is 10.1. The summed E-state index contributed by atoms with van der Waals surface area (Å²) in [5.41, 5.74) is 0.600. The van der Waals surface area contributed by atoms with Gasteiger partial charge < -0.3 is 14.4 Å². The first kappa shape index (κ1) is 20.4. The van der Waals surface area contributed by atoms with Gasteiger partial charge in [0.05, 0.1) is 6.10 Å². The number of nitrogens with zero attached hydrogens (tertiary/aromatic N) is 1. The van der Waals surface area contributed by atoms with Crippen LogP contribution in [0.4, 0.5) is 4.39 Å². The molecule has 0 radical (unpaired) electrons. The van der Waals surface area contributed by atoms with Crippen molar-refractivity contribution in [2.45, 2.75) is 70.6 Å². The first-order valence-electron chi connectivity index (χ1n) is 8.51. The molecule has 1 aromatic rings. The molecule has 0 spiro atoms. The first-order valence-corrected chi connectivity index (χ1v) is 11.8. The number of aliphatic hydroxyl groups is 1. The molecule has 2 rings (SSSR count). The van der Waals surface area contributed by atoms with Crippen LogP contribution in [0.2, 0.25) is 23.2 Å². The third-order valence-electron chi connectivity index (χ3n) is 5.22. The molecule has 140 valence electrons. The largest absolute Gasteiger partial charge is 0.409 e. The third kappa shape index (κ3) is 4.61. The quantitative estimate of drug-likeness (QED) is 0.783. The van der Waals surface area contributed by atoms with E-state index in [9.17, 15) is 14.3 Å². The molecular weight excluding hydrogens is 361 g/mol. The average Bonchev–Trinajstić information content (AvgIpc) is 2.47. The van der Waals surface area contributed by atoms with Crippen LogP contribution < -0.4 is 0 Å². The Labute approximate surface area is 155 Å². The SMILES string of the molecule is CC(C)(C)[Si](C)(C)O[C@@H]1CCC(=O)N(Cc2ccc(F)cc2Cl)C1O. The molecule has 1 aromatic carbocycles. The maximum absolute atomic E-state index is 13.2. The Morgan fingerprint density at radius 1 is 1.40 bits per heavy atom. The van der Waals surface area contributed by atoms with E-state index in [1.54, 1.807) is 0 Å². The van der Waals surface area contributed by atoms with E-state index >= 15 is 0 Å². The predicted octanol–water partition coefficient (Wildman–Crippen LogP) is 4.31. The minimum absolute atomic E-state index is 0.0132. The van der Waals surface area contributed by atoms with Crippen LogP contribution in [0.1, 0.15) is 39.2 Å². The lowest BCUT2D eigenvalue weighted by Gasteiger charge is -2.44. The van der Waals surface area contributed by atoms with Crippen molar-refractivity contribution in [2.75, 3.05) is 0 Å². The Kier molecular flexibility index (Phi) is 5.98. The summed E-state index contributed by atoms with van der Waals surface area (Å²) in [5.74, 6) is -0.582. The predicted molar refractivity (Wildman–Crippen MR) is 99.3 cm³/mol. The van der Waals surface area contributed by atoms with Gasteiger partial charge in [-0.1, -0.05) is 38.4 Å². The summed E-state index contributed by atoms with van der Waals surface area (Å²) < 4.78 is 19.5. The summed E-state index contributed by atoms with van der Waals surface area (Å²) in [6, 6.07) is 4.04. The molecule has 0 saturated carbocycles. The summed E-state index contributed by atoms with van der Waals surface area (Å²) in [6.45, 7) is 10.8. The number of likely N-dealkylation sites (tertiary alicyclic amines) is 1. The summed E-state index contributed by atoms with van der Waals surface area (Å²) in [7, 11) is -2.07. The van der Waals surface area contributed by atoms with E-state index in [0.717, 1.165) is 0 Å². The zero-order valence-electron chi connectivity index (χ0n) is 15.5. The van der Waals surface area contributed by atoms with Crippen molar-refractivity contribution in [1.29, 1.82) is 0 Å². The van der Waals surface area contributed by atoms with Crippen molar-refractivity contribution < 1.29 is 18.7 Å². The highest BCUT2D eigenvalue weighted by Gasteiger charge is 2.43. The van der Waals surface area contributed by atoms with E-state index in [4.69, 9.17) is 16.0 Å². The van der Waals surface area contributed by atoms with Gasteiger partial charge in [-0.05, 0) is 42.2 Å². The van der Waals surface area contributed by atoms with Gasteiger partial charge in [-0.25, -0.2) is 4.39 Å². The number of aliphatic hydroxyl groups excluding tert-OH is 1. The van der Waals surface area contributed by atoms with Gasteiger partial charge in [0.15, 0.2) is 14.5 Å². The van der Waals surface area contributed by atoms with E-state index in [1.807, 2.05) is 0 Å². The van der Waals surface area contributed by atoms with Gasteiger partial charge in [-0.15, -0.1) is 0 Å². The van der Waals surface area contributed by atoms with E-state index in [0.29, 0.717) is 18.4 Å². The van der Waals surface area contributed by atoms with Gasteiger partial charge in [0.25, 0.3) is 0 Å². The average molecular weight is 388 g/mol. The summed E-state index contributed by atoms with van der Waals surface area (Å²) in [4.78, 5) is 13.7. The summed E-state index contributed by atoms with van der Waals surface area (Å²) in [5, 5.41) is 11.0. The number of halogens is 2. The molecule has 1 amide bonds. The van der Waals surface area contributed by atoms with Crippen molar-refractivity contribution in [3.8, 4) is 0 Å².